The Balaban J connectivity index is 1.60. The Morgan fingerprint density at radius 1 is 1.14 bits per heavy atom. The molecule has 0 atom stereocenters. The van der Waals surface area contributed by atoms with Crippen LogP contribution in [0.2, 0.25) is 0 Å². The Hall–Kier alpha value is -2.25. The number of amidine groups is 1. The first-order chi connectivity index (χ1) is 13.7. The normalized spacial score (nSPS) is 21.5. The molecular formula is C21H22N4OS2. The molecule has 2 heterocycles. The molecule has 5 nitrogen and oxygen atoms in total. The van der Waals surface area contributed by atoms with Crippen molar-refractivity contribution in [1.29, 1.82) is 0 Å². The van der Waals surface area contributed by atoms with Crippen LogP contribution in [0.4, 0.5) is 5.13 Å². The minimum Gasteiger partial charge on any atom is -0.283 e. The molecule has 1 saturated heterocycles. The minimum absolute atomic E-state index is 0.0506. The van der Waals surface area contributed by atoms with Gasteiger partial charge in [0.05, 0.1) is 4.91 Å². The molecule has 0 radical (unpaired) electrons. The van der Waals surface area contributed by atoms with E-state index in [1.165, 1.54) is 29.5 Å². The average molecular weight is 411 g/mol. The van der Waals surface area contributed by atoms with Crippen molar-refractivity contribution in [1.82, 2.24) is 15.1 Å². The van der Waals surface area contributed by atoms with Crippen LogP contribution >= 0.6 is 23.1 Å². The van der Waals surface area contributed by atoms with Crippen LogP contribution in [0.3, 0.4) is 0 Å². The molecule has 0 N–H and O–H groups in total. The van der Waals surface area contributed by atoms with Crippen LogP contribution in [0, 0.1) is 6.92 Å². The molecule has 1 aromatic heterocycles. The third-order valence-electron chi connectivity index (χ3n) is 4.82. The zero-order chi connectivity index (χ0) is 19.3. The van der Waals surface area contributed by atoms with E-state index in [4.69, 9.17) is 0 Å². The first-order valence-corrected chi connectivity index (χ1v) is 11.2. The van der Waals surface area contributed by atoms with Gasteiger partial charge in [-0.25, -0.2) is 0 Å². The third kappa shape index (κ3) is 4.42. The van der Waals surface area contributed by atoms with Gasteiger partial charge in [-0.3, -0.25) is 9.69 Å². The average Bonchev–Trinajstić information content (AvgIpc) is 3.26. The first kappa shape index (κ1) is 19.1. The maximum atomic E-state index is 13.1. The lowest BCUT2D eigenvalue weighted by molar-refractivity contribution is -0.124. The van der Waals surface area contributed by atoms with E-state index in [1.807, 2.05) is 60.4 Å². The second-order valence-electron chi connectivity index (χ2n) is 6.87. The summed E-state index contributed by atoms with van der Waals surface area (Å²) >= 11 is 2.88. The van der Waals surface area contributed by atoms with Crippen molar-refractivity contribution >= 4 is 45.4 Å². The number of aryl methyl sites for hydroxylation is 1. The summed E-state index contributed by atoms with van der Waals surface area (Å²) in [6.07, 6.45) is 11.5. The molecule has 0 unspecified atom stereocenters. The van der Waals surface area contributed by atoms with E-state index in [0.29, 0.717) is 10.0 Å². The van der Waals surface area contributed by atoms with E-state index >= 15 is 0 Å². The lowest BCUT2D eigenvalue weighted by Crippen LogP contribution is -2.40. The molecule has 0 spiro atoms. The Labute approximate surface area is 173 Å². The van der Waals surface area contributed by atoms with Crippen molar-refractivity contribution in [3.8, 4) is 0 Å². The van der Waals surface area contributed by atoms with Gasteiger partial charge in [-0.2, -0.15) is 4.99 Å². The summed E-state index contributed by atoms with van der Waals surface area (Å²) in [5.74, 6) is 0.0506. The van der Waals surface area contributed by atoms with Crippen LogP contribution < -0.4 is 0 Å². The van der Waals surface area contributed by atoms with E-state index in [9.17, 15) is 4.79 Å². The summed E-state index contributed by atoms with van der Waals surface area (Å²) in [5.41, 5.74) is 1.11. The standard InChI is InChI=1S/C21H22N4OS2/c1-15-23-24-20(27-15)22-21-25(17-12-6-3-7-13-17)19(26)18(28-21)14-8-11-16-9-4-2-5-10-16/h2,4-5,8-11,14,17H,3,6-7,12-13H2,1H3/b11-8+,18-14-,22-21+. The van der Waals surface area contributed by atoms with Crippen LogP contribution in [0.15, 0.2) is 52.4 Å². The Bertz CT molecular complexity index is 927. The quantitative estimate of drug-likeness (QED) is 0.639. The van der Waals surface area contributed by atoms with Crippen LogP contribution in [-0.4, -0.2) is 32.2 Å². The second-order valence-corrected chi connectivity index (χ2v) is 9.04. The number of carbonyl (C=O) groups excluding carboxylic acids is 1. The van der Waals surface area contributed by atoms with Gasteiger partial charge in [-0.1, -0.05) is 73.1 Å². The molecule has 1 saturated carbocycles. The summed E-state index contributed by atoms with van der Waals surface area (Å²) in [6.45, 7) is 1.91. The van der Waals surface area contributed by atoms with Crippen molar-refractivity contribution in [2.45, 2.75) is 45.1 Å². The Morgan fingerprint density at radius 3 is 2.64 bits per heavy atom. The van der Waals surface area contributed by atoms with Crippen LogP contribution in [-0.2, 0) is 4.79 Å². The maximum Gasteiger partial charge on any atom is 0.266 e. The van der Waals surface area contributed by atoms with Gasteiger partial charge in [0.2, 0.25) is 5.13 Å². The maximum absolute atomic E-state index is 13.1. The van der Waals surface area contributed by atoms with E-state index in [-0.39, 0.29) is 11.9 Å². The lowest BCUT2D eigenvalue weighted by Gasteiger charge is -2.30. The minimum atomic E-state index is 0.0506. The molecular weight excluding hydrogens is 388 g/mol. The molecule has 2 aliphatic rings. The van der Waals surface area contributed by atoms with E-state index in [0.717, 1.165) is 41.4 Å². The molecule has 1 aliphatic carbocycles. The number of allylic oxidation sites excluding steroid dienone is 2. The smallest absolute Gasteiger partial charge is 0.266 e. The number of aliphatic imine (C=N–C) groups is 1. The summed E-state index contributed by atoms with van der Waals surface area (Å²) in [7, 11) is 0. The van der Waals surface area contributed by atoms with Crippen LogP contribution in [0.25, 0.3) is 6.08 Å². The molecule has 2 fully saturated rings. The molecule has 2 aromatic rings. The number of benzene rings is 1. The number of amides is 1. The fraction of sp³-hybridized carbons (Fsp3) is 0.333. The van der Waals surface area contributed by atoms with Crippen LogP contribution in [0.5, 0.6) is 0 Å². The molecule has 144 valence electrons. The van der Waals surface area contributed by atoms with Crippen LogP contribution in [0.1, 0.15) is 42.7 Å². The predicted octanol–water partition coefficient (Wildman–Crippen LogP) is 5.34. The van der Waals surface area contributed by atoms with E-state index in [1.54, 1.807) is 0 Å². The lowest BCUT2D eigenvalue weighted by atomic mass is 9.94. The number of rotatable bonds is 4. The highest BCUT2D eigenvalue weighted by molar-refractivity contribution is 8.18. The highest BCUT2D eigenvalue weighted by Gasteiger charge is 2.38. The van der Waals surface area contributed by atoms with Gasteiger partial charge in [0.15, 0.2) is 5.17 Å². The van der Waals surface area contributed by atoms with Gasteiger partial charge in [0.25, 0.3) is 5.91 Å². The Morgan fingerprint density at radius 2 is 1.93 bits per heavy atom. The largest absolute Gasteiger partial charge is 0.283 e. The highest BCUT2D eigenvalue weighted by atomic mass is 32.2. The molecule has 4 rings (SSSR count). The molecule has 0 bridgehead atoms. The summed E-state index contributed by atoms with van der Waals surface area (Å²) in [6, 6.07) is 10.3. The van der Waals surface area contributed by atoms with Crippen molar-refractivity contribution in [2.75, 3.05) is 0 Å². The number of hydrogen-bond donors (Lipinski definition) is 0. The van der Waals surface area contributed by atoms with Crippen molar-refractivity contribution in [3.63, 3.8) is 0 Å². The zero-order valence-electron chi connectivity index (χ0n) is 15.7. The Kier molecular flexibility index (Phi) is 6.02. The molecule has 7 heteroatoms. The van der Waals surface area contributed by atoms with Gasteiger partial charge in [0, 0.05) is 6.04 Å². The van der Waals surface area contributed by atoms with Gasteiger partial charge in [-0.05, 0) is 43.2 Å². The summed E-state index contributed by atoms with van der Waals surface area (Å²) in [4.78, 5) is 20.4. The summed E-state index contributed by atoms with van der Waals surface area (Å²) < 4.78 is 0. The topological polar surface area (TPSA) is 58.5 Å². The van der Waals surface area contributed by atoms with Gasteiger partial charge in [-0.15, -0.1) is 10.2 Å². The van der Waals surface area contributed by atoms with Gasteiger partial charge < -0.3 is 0 Å². The predicted molar refractivity (Wildman–Crippen MR) is 117 cm³/mol. The number of carbonyl (C=O) groups is 1. The number of nitrogens with zero attached hydrogens (tertiary/aromatic N) is 4. The monoisotopic (exact) mass is 410 g/mol. The van der Waals surface area contributed by atoms with E-state index < -0.39 is 0 Å². The molecule has 28 heavy (non-hydrogen) atoms. The van der Waals surface area contributed by atoms with Gasteiger partial charge in [0.1, 0.15) is 5.01 Å². The summed E-state index contributed by atoms with van der Waals surface area (Å²) in [5, 5.41) is 10.4. The van der Waals surface area contributed by atoms with Crippen molar-refractivity contribution in [3.05, 3.63) is 58.0 Å². The number of aromatic nitrogens is 2. The molecule has 1 aliphatic heterocycles. The second kappa shape index (κ2) is 8.84. The number of hydrogen-bond acceptors (Lipinski definition) is 6. The fourth-order valence-electron chi connectivity index (χ4n) is 3.46. The molecule has 1 aromatic carbocycles. The highest BCUT2D eigenvalue weighted by Crippen LogP contribution is 2.37. The SMILES string of the molecule is Cc1nnc(/N=C2/S/C(=C\C=C\c3ccccc3)C(=O)N2C2CCCCC2)s1. The molecule has 1 amide bonds. The van der Waals surface area contributed by atoms with Crippen molar-refractivity contribution < 1.29 is 4.79 Å². The van der Waals surface area contributed by atoms with Gasteiger partial charge >= 0.3 is 0 Å². The third-order valence-corrected chi connectivity index (χ3v) is 6.55. The van der Waals surface area contributed by atoms with E-state index in [2.05, 4.69) is 15.2 Å². The van der Waals surface area contributed by atoms with Crippen molar-refractivity contribution in [2.24, 2.45) is 4.99 Å². The fourth-order valence-corrected chi connectivity index (χ4v) is 5.07. The first-order valence-electron chi connectivity index (χ1n) is 9.54. The zero-order valence-corrected chi connectivity index (χ0v) is 17.4. The number of thioether (sulfide) groups is 1.